The molecule has 1 unspecified atom stereocenters. The predicted octanol–water partition coefficient (Wildman–Crippen LogP) is 1.40. The van der Waals surface area contributed by atoms with Gasteiger partial charge in [-0.2, -0.15) is 0 Å². The minimum absolute atomic E-state index is 0.0335. The molecule has 0 amide bonds. The lowest BCUT2D eigenvalue weighted by molar-refractivity contribution is 0.0904. The first-order chi connectivity index (χ1) is 15.5. The summed E-state index contributed by atoms with van der Waals surface area (Å²) in [5.41, 5.74) is 6.05. The average molecular weight is 440 g/mol. The molecule has 0 spiro atoms. The van der Waals surface area contributed by atoms with Gasteiger partial charge in [0.15, 0.2) is 5.78 Å². The van der Waals surface area contributed by atoms with Crippen molar-refractivity contribution in [2.45, 2.75) is 51.7 Å². The van der Waals surface area contributed by atoms with Crippen LogP contribution in [0.4, 0.5) is 5.82 Å². The molecule has 1 aromatic carbocycles. The third-order valence-corrected chi connectivity index (χ3v) is 6.76. The lowest BCUT2D eigenvalue weighted by atomic mass is 10.1. The van der Waals surface area contributed by atoms with Crippen molar-refractivity contribution < 1.29 is 4.79 Å². The third-order valence-electron chi connectivity index (χ3n) is 6.76. The fourth-order valence-corrected chi connectivity index (χ4v) is 5.01. The number of rotatable bonds is 8. The van der Waals surface area contributed by atoms with Gasteiger partial charge in [-0.3, -0.25) is 23.6 Å². The van der Waals surface area contributed by atoms with Crippen molar-refractivity contribution in [3.8, 4) is 0 Å². The summed E-state index contributed by atoms with van der Waals surface area (Å²) in [6.45, 7) is 6.35. The van der Waals surface area contributed by atoms with Gasteiger partial charge < -0.3 is 10.6 Å². The Kier molecular flexibility index (Phi) is 6.91. The zero-order chi connectivity index (χ0) is 22.7. The van der Waals surface area contributed by atoms with Gasteiger partial charge in [-0.25, -0.2) is 4.79 Å². The van der Waals surface area contributed by atoms with Crippen LogP contribution in [0.25, 0.3) is 0 Å². The lowest BCUT2D eigenvalue weighted by Gasteiger charge is -2.28. The number of Topliss-reactive ketones (excluding diaryl/α,β-unsaturated/α-hetero) is 1. The number of carbonyl (C=O) groups excluding carboxylic acids is 1. The Labute approximate surface area is 188 Å². The molecular weight excluding hydrogens is 406 g/mol. The van der Waals surface area contributed by atoms with E-state index in [-0.39, 0.29) is 36.8 Å². The molecule has 2 saturated heterocycles. The van der Waals surface area contributed by atoms with E-state index in [0.29, 0.717) is 6.04 Å². The molecule has 0 radical (unpaired) electrons. The second kappa shape index (κ2) is 9.83. The second-order valence-corrected chi connectivity index (χ2v) is 8.86. The number of nitrogens with two attached hydrogens (primary N) is 1. The van der Waals surface area contributed by atoms with Crippen LogP contribution in [0.1, 0.15) is 48.5 Å². The van der Waals surface area contributed by atoms with E-state index in [1.165, 1.54) is 17.4 Å². The van der Waals surface area contributed by atoms with Crippen LogP contribution in [-0.4, -0.2) is 63.5 Å². The fourth-order valence-electron chi connectivity index (χ4n) is 5.01. The molecule has 0 bridgehead atoms. The summed E-state index contributed by atoms with van der Waals surface area (Å²) < 4.78 is 2.46. The van der Waals surface area contributed by atoms with Gasteiger partial charge in [0.1, 0.15) is 11.4 Å². The number of hydrogen-bond acceptors (Lipinski definition) is 6. The van der Waals surface area contributed by atoms with Crippen LogP contribution >= 0.6 is 0 Å². The van der Waals surface area contributed by atoms with E-state index >= 15 is 0 Å². The first kappa shape index (κ1) is 22.5. The van der Waals surface area contributed by atoms with Gasteiger partial charge >= 0.3 is 5.69 Å². The molecule has 8 heteroatoms. The van der Waals surface area contributed by atoms with Crippen molar-refractivity contribution in [1.29, 1.82) is 0 Å². The second-order valence-electron chi connectivity index (χ2n) is 8.86. The summed E-state index contributed by atoms with van der Waals surface area (Å²) in [7, 11) is 0. The van der Waals surface area contributed by atoms with Crippen LogP contribution in [0, 0.1) is 0 Å². The number of anilines is 1. The molecule has 2 aliphatic heterocycles. The van der Waals surface area contributed by atoms with E-state index in [1.54, 1.807) is 6.92 Å². The Morgan fingerprint density at radius 3 is 2.44 bits per heavy atom. The molecule has 0 saturated carbocycles. The van der Waals surface area contributed by atoms with Gasteiger partial charge in [-0.1, -0.05) is 30.3 Å². The minimum atomic E-state index is -0.584. The number of carbonyl (C=O) groups is 1. The van der Waals surface area contributed by atoms with Crippen LogP contribution in [0.5, 0.6) is 0 Å². The smallest absolute Gasteiger partial charge is 0.332 e. The normalized spacial score (nSPS) is 19.6. The fraction of sp³-hybridized carbons (Fsp3) is 0.542. The van der Waals surface area contributed by atoms with E-state index in [0.717, 1.165) is 49.2 Å². The van der Waals surface area contributed by atoms with E-state index in [1.807, 2.05) is 30.3 Å². The van der Waals surface area contributed by atoms with Crippen LogP contribution in [-0.2, 0) is 13.1 Å². The van der Waals surface area contributed by atoms with Crippen molar-refractivity contribution in [2.24, 2.45) is 0 Å². The van der Waals surface area contributed by atoms with E-state index in [9.17, 15) is 14.4 Å². The molecular formula is C24H33N5O3. The van der Waals surface area contributed by atoms with Crippen molar-refractivity contribution >= 4 is 11.6 Å². The summed E-state index contributed by atoms with van der Waals surface area (Å²) in [6.07, 6.45) is 4.59. The van der Waals surface area contributed by atoms with Crippen LogP contribution in [0.15, 0.2) is 39.9 Å². The molecule has 2 fully saturated rings. The Balaban J connectivity index is 1.61. The number of likely N-dealkylation sites (tertiary alicyclic amines) is 2. The molecule has 172 valence electrons. The number of aromatic nitrogens is 2. The highest BCUT2D eigenvalue weighted by atomic mass is 16.2. The zero-order valence-electron chi connectivity index (χ0n) is 18.8. The Hall–Kier alpha value is -2.71. The quantitative estimate of drug-likeness (QED) is 0.625. The zero-order valence-corrected chi connectivity index (χ0v) is 18.8. The van der Waals surface area contributed by atoms with Crippen molar-refractivity contribution in [1.82, 2.24) is 18.9 Å². The number of nitrogens with zero attached hydrogens (tertiary/aromatic N) is 4. The number of nitrogen functional groups attached to an aromatic ring is 1. The first-order valence-corrected chi connectivity index (χ1v) is 11.7. The summed E-state index contributed by atoms with van der Waals surface area (Å²) in [5.74, 6) is -0.335. The molecule has 2 aliphatic rings. The molecule has 1 aromatic heterocycles. The van der Waals surface area contributed by atoms with Crippen LogP contribution in [0.2, 0.25) is 0 Å². The summed E-state index contributed by atoms with van der Waals surface area (Å²) in [4.78, 5) is 44.0. The Morgan fingerprint density at radius 1 is 1.03 bits per heavy atom. The summed E-state index contributed by atoms with van der Waals surface area (Å²) in [6, 6.07) is 9.76. The maximum atomic E-state index is 13.3. The maximum Gasteiger partial charge on any atom is 0.332 e. The van der Waals surface area contributed by atoms with Crippen LogP contribution < -0.4 is 17.0 Å². The first-order valence-electron chi connectivity index (χ1n) is 11.7. The molecule has 1 atom stereocenters. The number of ketones is 1. The van der Waals surface area contributed by atoms with Crippen molar-refractivity contribution in [2.75, 3.05) is 38.5 Å². The highest BCUT2D eigenvalue weighted by molar-refractivity contribution is 6.01. The van der Waals surface area contributed by atoms with Gasteiger partial charge in [0, 0.05) is 19.1 Å². The molecule has 2 aromatic rings. The average Bonchev–Trinajstić information content (AvgIpc) is 3.45. The van der Waals surface area contributed by atoms with Gasteiger partial charge in [-0.15, -0.1) is 0 Å². The molecule has 0 aliphatic carbocycles. The Morgan fingerprint density at radius 2 is 1.75 bits per heavy atom. The molecule has 8 nitrogen and oxygen atoms in total. The van der Waals surface area contributed by atoms with E-state index in [4.69, 9.17) is 5.73 Å². The van der Waals surface area contributed by atoms with Crippen molar-refractivity contribution in [3.05, 3.63) is 62.3 Å². The maximum absolute atomic E-state index is 13.3. The topological polar surface area (TPSA) is 93.6 Å². The largest absolute Gasteiger partial charge is 0.384 e. The highest BCUT2D eigenvalue weighted by Gasteiger charge is 2.31. The Bertz CT molecular complexity index is 1070. The monoisotopic (exact) mass is 439 g/mol. The summed E-state index contributed by atoms with van der Waals surface area (Å²) in [5, 5.41) is 0. The van der Waals surface area contributed by atoms with E-state index < -0.39 is 11.2 Å². The summed E-state index contributed by atoms with van der Waals surface area (Å²) >= 11 is 0. The molecule has 3 heterocycles. The highest BCUT2D eigenvalue weighted by Crippen LogP contribution is 2.21. The van der Waals surface area contributed by atoms with Gasteiger partial charge in [0.05, 0.1) is 13.1 Å². The van der Waals surface area contributed by atoms with Crippen LogP contribution in [0.3, 0.4) is 0 Å². The number of hydrogen-bond donors (Lipinski definition) is 1. The standard InChI is InChI=1S/C24H33N5O3/c1-2-28-23(31)21(22(25)29(24(28)32)15-18-9-4-3-5-10-18)20(30)17-27-14-8-11-19(27)16-26-12-6-7-13-26/h3-5,9-10,19H,2,6-8,11-17,25H2,1H3. The third kappa shape index (κ3) is 4.56. The minimum Gasteiger partial charge on any atom is -0.384 e. The number of benzene rings is 1. The predicted molar refractivity (Wildman–Crippen MR) is 125 cm³/mol. The van der Waals surface area contributed by atoms with Gasteiger partial charge in [-0.05, 0) is 57.8 Å². The molecule has 32 heavy (non-hydrogen) atoms. The van der Waals surface area contributed by atoms with Crippen molar-refractivity contribution in [3.63, 3.8) is 0 Å². The lowest BCUT2D eigenvalue weighted by Crippen LogP contribution is -2.46. The SMILES string of the molecule is CCn1c(=O)c(C(=O)CN2CCCC2CN2CCCC2)c(N)n(Cc2ccccc2)c1=O. The van der Waals surface area contributed by atoms with Gasteiger partial charge in [0.2, 0.25) is 0 Å². The van der Waals surface area contributed by atoms with Gasteiger partial charge in [0.25, 0.3) is 5.56 Å². The van der Waals surface area contributed by atoms with E-state index in [2.05, 4.69) is 9.80 Å². The molecule has 2 N–H and O–H groups in total. The molecule has 4 rings (SSSR count).